The minimum atomic E-state index is -1.26. The van der Waals surface area contributed by atoms with Gasteiger partial charge in [0.1, 0.15) is 17.8 Å². The van der Waals surface area contributed by atoms with Gasteiger partial charge in [-0.1, -0.05) is 26.0 Å². The van der Waals surface area contributed by atoms with Crippen LogP contribution in [-0.2, 0) is 30.4 Å². The number of carboxylic acid groups (broad SMARTS) is 1. The quantitative estimate of drug-likeness (QED) is 0.171. The summed E-state index contributed by atoms with van der Waals surface area (Å²) in [7, 11) is 0. The van der Waals surface area contributed by atoms with E-state index in [4.69, 9.17) is 11.5 Å². The highest BCUT2D eigenvalue weighted by Gasteiger charge is 2.27. The van der Waals surface area contributed by atoms with Gasteiger partial charge in [-0.15, -0.1) is 0 Å². The van der Waals surface area contributed by atoms with Crippen LogP contribution >= 0.6 is 0 Å². The molecule has 12 heteroatoms. The summed E-state index contributed by atoms with van der Waals surface area (Å²) in [5, 5.41) is 26.1. The summed E-state index contributed by atoms with van der Waals surface area (Å²) in [6.07, 6.45) is 0.156. The van der Waals surface area contributed by atoms with Gasteiger partial charge in [0.05, 0.1) is 12.6 Å². The van der Waals surface area contributed by atoms with Crippen LogP contribution in [0.4, 0.5) is 0 Å². The molecule has 0 aromatic heterocycles. The Kier molecular flexibility index (Phi) is 11.5. The number of hydrogen-bond donors (Lipinski definition) is 7. The molecule has 0 aliphatic heterocycles. The van der Waals surface area contributed by atoms with Crippen LogP contribution in [-0.4, -0.2) is 64.5 Å². The summed E-state index contributed by atoms with van der Waals surface area (Å²) in [6, 6.07) is 2.59. The van der Waals surface area contributed by atoms with Crippen molar-refractivity contribution < 1.29 is 34.2 Å². The van der Waals surface area contributed by atoms with E-state index in [-0.39, 0.29) is 37.4 Å². The molecule has 0 saturated carbocycles. The summed E-state index contributed by atoms with van der Waals surface area (Å²) in [5.41, 5.74) is 11.2. The molecule has 1 aromatic rings. The molecule has 4 amide bonds. The number of nitrogens with two attached hydrogens (primary N) is 2. The van der Waals surface area contributed by atoms with Gasteiger partial charge in [0.15, 0.2) is 0 Å². The van der Waals surface area contributed by atoms with Crippen molar-refractivity contribution in [3.05, 3.63) is 29.8 Å². The minimum absolute atomic E-state index is 0.00626. The zero-order valence-corrected chi connectivity index (χ0v) is 19.2. The Morgan fingerprint density at radius 3 is 2.12 bits per heavy atom. The molecule has 0 heterocycles. The smallest absolute Gasteiger partial charge is 0.326 e. The highest BCUT2D eigenvalue weighted by molar-refractivity contribution is 5.92. The first-order chi connectivity index (χ1) is 15.9. The van der Waals surface area contributed by atoms with Crippen molar-refractivity contribution in [3.63, 3.8) is 0 Å². The van der Waals surface area contributed by atoms with Gasteiger partial charge in [-0.05, 0) is 36.5 Å². The van der Waals surface area contributed by atoms with Gasteiger partial charge in [0.25, 0.3) is 0 Å². The lowest BCUT2D eigenvalue weighted by Gasteiger charge is -2.23. The lowest BCUT2D eigenvalue weighted by molar-refractivity contribution is -0.142. The highest BCUT2D eigenvalue weighted by Crippen LogP contribution is 2.12. The predicted octanol–water partition coefficient (Wildman–Crippen LogP) is -1.26. The number of carbonyl (C=O) groups excluding carboxylic acids is 4. The maximum Gasteiger partial charge on any atom is 0.326 e. The Labute approximate surface area is 197 Å². The molecule has 0 fully saturated rings. The summed E-state index contributed by atoms with van der Waals surface area (Å²) < 4.78 is 0. The number of aromatic hydroxyl groups is 1. The van der Waals surface area contributed by atoms with Crippen molar-refractivity contribution >= 4 is 29.6 Å². The summed E-state index contributed by atoms with van der Waals surface area (Å²) in [4.78, 5) is 59.5. The third-order valence-electron chi connectivity index (χ3n) is 4.81. The van der Waals surface area contributed by atoms with Crippen molar-refractivity contribution in [3.8, 4) is 5.75 Å². The van der Waals surface area contributed by atoms with E-state index in [1.807, 2.05) is 13.8 Å². The van der Waals surface area contributed by atoms with Crippen molar-refractivity contribution in [2.45, 2.75) is 57.7 Å². The Balaban J connectivity index is 2.73. The molecule has 12 nitrogen and oxygen atoms in total. The molecule has 0 radical (unpaired) electrons. The maximum atomic E-state index is 12.8. The first-order valence-corrected chi connectivity index (χ1v) is 10.8. The second-order valence-corrected chi connectivity index (χ2v) is 8.35. The minimum Gasteiger partial charge on any atom is -0.508 e. The fourth-order valence-corrected chi connectivity index (χ4v) is 3.02. The Hall–Kier alpha value is -3.67. The lowest BCUT2D eigenvalue weighted by Crippen LogP contribution is -2.54. The number of phenols is 1. The van der Waals surface area contributed by atoms with Gasteiger partial charge in [-0.3, -0.25) is 19.2 Å². The van der Waals surface area contributed by atoms with Gasteiger partial charge in [0.2, 0.25) is 23.6 Å². The number of benzene rings is 1. The lowest BCUT2D eigenvalue weighted by atomic mass is 10.0. The van der Waals surface area contributed by atoms with Crippen molar-refractivity contribution in [1.29, 1.82) is 0 Å². The van der Waals surface area contributed by atoms with Crippen LogP contribution in [0.3, 0.4) is 0 Å². The average molecular weight is 480 g/mol. The monoisotopic (exact) mass is 479 g/mol. The number of carbonyl (C=O) groups is 5. The van der Waals surface area contributed by atoms with Crippen LogP contribution < -0.4 is 27.4 Å². The van der Waals surface area contributed by atoms with Crippen LogP contribution in [0.2, 0.25) is 0 Å². The van der Waals surface area contributed by atoms with Crippen molar-refractivity contribution in [2.24, 2.45) is 17.4 Å². The topological polar surface area (TPSA) is 214 Å². The molecule has 3 atom stereocenters. The molecule has 1 aromatic carbocycles. The highest BCUT2D eigenvalue weighted by atomic mass is 16.4. The molecule has 9 N–H and O–H groups in total. The van der Waals surface area contributed by atoms with E-state index < -0.39 is 54.3 Å². The van der Waals surface area contributed by atoms with E-state index in [9.17, 15) is 34.2 Å². The van der Waals surface area contributed by atoms with E-state index in [0.717, 1.165) is 0 Å². The second kappa shape index (κ2) is 13.8. The van der Waals surface area contributed by atoms with E-state index >= 15 is 0 Å². The van der Waals surface area contributed by atoms with Gasteiger partial charge >= 0.3 is 5.97 Å². The zero-order valence-electron chi connectivity index (χ0n) is 19.2. The number of nitrogens with one attached hydrogen (secondary N) is 3. The maximum absolute atomic E-state index is 12.8. The average Bonchev–Trinajstić information content (AvgIpc) is 2.75. The fourth-order valence-electron chi connectivity index (χ4n) is 3.02. The van der Waals surface area contributed by atoms with Crippen LogP contribution in [0.5, 0.6) is 5.75 Å². The Morgan fingerprint density at radius 2 is 1.59 bits per heavy atom. The number of rotatable bonds is 14. The van der Waals surface area contributed by atoms with Crippen molar-refractivity contribution in [2.75, 3.05) is 6.54 Å². The van der Waals surface area contributed by atoms with Crippen molar-refractivity contribution in [1.82, 2.24) is 16.0 Å². The molecule has 188 valence electrons. The number of amides is 4. The van der Waals surface area contributed by atoms with Gasteiger partial charge in [0, 0.05) is 12.8 Å². The Morgan fingerprint density at radius 1 is 0.971 bits per heavy atom. The number of phenolic OH excluding ortho intramolecular Hbond substituents is 1. The molecule has 0 aliphatic rings. The molecule has 0 saturated heterocycles. The van der Waals surface area contributed by atoms with Crippen LogP contribution in [0, 0.1) is 5.92 Å². The third-order valence-corrected chi connectivity index (χ3v) is 4.81. The first kappa shape index (κ1) is 28.4. The van der Waals surface area contributed by atoms with E-state index in [1.165, 1.54) is 12.1 Å². The standard InChI is InChI=1S/C22H33N5O7/c1-12(2)9-16(26-19(30)11-25-20(31)15(23)7-8-18(24)29)21(32)27-17(22(33)34)10-13-3-5-14(28)6-4-13/h3-6,12,15-17,28H,7-11,23H2,1-2H3,(H2,24,29)(H,25,31)(H,26,30)(H,27,32)(H,33,34). The van der Waals surface area contributed by atoms with Gasteiger partial charge in [-0.2, -0.15) is 0 Å². The number of primary amides is 1. The fraction of sp³-hybridized carbons (Fsp3) is 0.500. The molecular formula is C22H33N5O7. The predicted molar refractivity (Wildman–Crippen MR) is 122 cm³/mol. The molecule has 0 aliphatic carbocycles. The number of aliphatic carboxylic acids is 1. The van der Waals surface area contributed by atoms with Crippen LogP contribution in [0.25, 0.3) is 0 Å². The molecule has 0 spiro atoms. The first-order valence-electron chi connectivity index (χ1n) is 10.8. The molecule has 0 bridgehead atoms. The SMILES string of the molecule is CC(C)CC(NC(=O)CNC(=O)C(N)CCC(N)=O)C(=O)NC(Cc1ccc(O)cc1)C(=O)O. The molecular weight excluding hydrogens is 446 g/mol. The largest absolute Gasteiger partial charge is 0.508 e. The van der Waals surface area contributed by atoms with Crippen LogP contribution in [0.1, 0.15) is 38.7 Å². The summed E-state index contributed by atoms with van der Waals surface area (Å²) >= 11 is 0. The normalized spacial score (nSPS) is 13.4. The third kappa shape index (κ3) is 10.8. The second-order valence-electron chi connectivity index (χ2n) is 8.35. The molecule has 1 rings (SSSR count). The summed E-state index contributed by atoms with van der Waals surface area (Å²) in [5.74, 6) is -3.84. The molecule has 34 heavy (non-hydrogen) atoms. The summed E-state index contributed by atoms with van der Waals surface area (Å²) in [6.45, 7) is 3.20. The van der Waals surface area contributed by atoms with Gasteiger partial charge in [-0.25, -0.2) is 4.79 Å². The van der Waals surface area contributed by atoms with E-state index in [0.29, 0.717) is 5.56 Å². The van der Waals surface area contributed by atoms with E-state index in [2.05, 4.69) is 16.0 Å². The van der Waals surface area contributed by atoms with Gasteiger partial charge < -0.3 is 37.6 Å². The zero-order chi connectivity index (χ0) is 25.8. The Bertz CT molecular complexity index is 873. The number of hydrogen-bond acceptors (Lipinski definition) is 7. The molecule has 3 unspecified atom stereocenters. The van der Waals surface area contributed by atoms with Crippen LogP contribution in [0.15, 0.2) is 24.3 Å². The van der Waals surface area contributed by atoms with E-state index in [1.54, 1.807) is 12.1 Å². The number of carboxylic acids is 1.